The summed E-state index contributed by atoms with van der Waals surface area (Å²) in [7, 11) is 0. The summed E-state index contributed by atoms with van der Waals surface area (Å²) in [6.07, 6.45) is 0.233. The summed E-state index contributed by atoms with van der Waals surface area (Å²) in [6.45, 7) is 4.00. The number of allylic oxidation sites excluding steroid dienone is 1. The van der Waals surface area contributed by atoms with E-state index in [1.165, 1.54) is 0 Å². The molecule has 0 aliphatic carbocycles. The molecule has 1 aromatic carbocycles. The Hall–Kier alpha value is -2.26. The van der Waals surface area contributed by atoms with E-state index in [-0.39, 0.29) is 30.0 Å². The van der Waals surface area contributed by atoms with Gasteiger partial charge in [-0.05, 0) is 25.0 Å². The lowest BCUT2D eigenvalue weighted by atomic mass is 9.85. The number of hydrogen-bond acceptors (Lipinski definition) is 5. The van der Waals surface area contributed by atoms with Gasteiger partial charge in [0.1, 0.15) is 0 Å². The SMILES string of the molecule is CCOC(=O)CSC1=C(C#N)[C@@H](c2ccccc2C)CC(=O)N1. The van der Waals surface area contributed by atoms with Gasteiger partial charge in [-0.1, -0.05) is 36.0 Å². The monoisotopic (exact) mass is 330 g/mol. The predicted molar refractivity (Wildman–Crippen MR) is 88.4 cm³/mol. The van der Waals surface area contributed by atoms with Crippen LogP contribution in [0.1, 0.15) is 30.4 Å². The molecule has 0 radical (unpaired) electrons. The summed E-state index contributed by atoms with van der Waals surface area (Å²) in [6, 6.07) is 9.92. The van der Waals surface area contributed by atoms with E-state index in [1.807, 2.05) is 31.2 Å². The molecule has 0 aromatic heterocycles. The Labute approximate surface area is 139 Å². The average molecular weight is 330 g/mol. The minimum absolute atomic E-state index is 0.0646. The largest absolute Gasteiger partial charge is 0.465 e. The Kier molecular flexibility index (Phi) is 5.83. The van der Waals surface area contributed by atoms with Crippen molar-refractivity contribution in [3.05, 3.63) is 46.0 Å². The van der Waals surface area contributed by atoms with Crippen LogP contribution in [0.15, 0.2) is 34.9 Å². The average Bonchev–Trinajstić information content (AvgIpc) is 2.53. The highest BCUT2D eigenvalue weighted by Crippen LogP contribution is 2.37. The summed E-state index contributed by atoms with van der Waals surface area (Å²) in [5.74, 6) is -0.729. The van der Waals surface area contributed by atoms with Gasteiger partial charge in [0.25, 0.3) is 0 Å². The fraction of sp³-hybridized carbons (Fsp3) is 0.353. The smallest absolute Gasteiger partial charge is 0.316 e. The molecule has 1 heterocycles. The maximum absolute atomic E-state index is 12.0. The fourth-order valence-electron chi connectivity index (χ4n) is 2.51. The van der Waals surface area contributed by atoms with Crippen LogP contribution >= 0.6 is 11.8 Å². The van der Waals surface area contributed by atoms with E-state index >= 15 is 0 Å². The third-order valence-corrected chi connectivity index (χ3v) is 4.55. The summed E-state index contributed by atoms with van der Waals surface area (Å²) < 4.78 is 4.88. The maximum Gasteiger partial charge on any atom is 0.316 e. The van der Waals surface area contributed by atoms with Crippen molar-refractivity contribution < 1.29 is 14.3 Å². The number of hydrogen-bond donors (Lipinski definition) is 1. The Morgan fingerprint density at radius 3 is 2.87 bits per heavy atom. The van der Waals surface area contributed by atoms with Crippen LogP contribution in [-0.2, 0) is 14.3 Å². The fourth-order valence-corrected chi connectivity index (χ4v) is 3.39. The lowest BCUT2D eigenvalue weighted by Gasteiger charge is -2.26. The highest BCUT2D eigenvalue weighted by Gasteiger charge is 2.30. The standard InChI is InChI=1S/C17H18N2O3S/c1-3-22-16(21)10-23-17-14(9-18)13(8-15(20)19-17)12-7-5-4-6-11(12)2/h4-7,13H,3,8,10H2,1-2H3,(H,19,20)/t13-/m1/s1. The molecule has 120 valence electrons. The molecule has 0 bridgehead atoms. The first-order valence-electron chi connectivity index (χ1n) is 7.34. The molecule has 2 rings (SSSR count). The predicted octanol–water partition coefficient (Wildman–Crippen LogP) is 2.63. The first kappa shape index (κ1) is 17.1. The van der Waals surface area contributed by atoms with E-state index in [0.717, 1.165) is 22.9 Å². The van der Waals surface area contributed by atoms with Gasteiger partial charge in [0, 0.05) is 12.3 Å². The highest BCUT2D eigenvalue weighted by molar-refractivity contribution is 8.03. The third-order valence-electron chi connectivity index (χ3n) is 3.56. The third kappa shape index (κ3) is 4.14. The van der Waals surface area contributed by atoms with Gasteiger partial charge in [0.2, 0.25) is 5.91 Å². The van der Waals surface area contributed by atoms with Crippen molar-refractivity contribution in [3.63, 3.8) is 0 Å². The molecule has 1 aliphatic heterocycles. The molecule has 0 saturated heterocycles. The molecular formula is C17H18N2O3S. The number of carbonyl (C=O) groups excluding carboxylic acids is 2. The summed E-state index contributed by atoms with van der Waals surface area (Å²) in [5.41, 5.74) is 2.50. The number of esters is 1. The van der Waals surface area contributed by atoms with Crippen molar-refractivity contribution in [3.8, 4) is 6.07 Å². The molecular weight excluding hydrogens is 312 g/mol. The topological polar surface area (TPSA) is 79.2 Å². The molecule has 0 fully saturated rings. The van der Waals surface area contributed by atoms with Gasteiger partial charge in [0.15, 0.2) is 0 Å². The number of nitrogens with one attached hydrogen (secondary N) is 1. The van der Waals surface area contributed by atoms with E-state index < -0.39 is 0 Å². The van der Waals surface area contributed by atoms with Crippen molar-refractivity contribution in [2.75, 3.05) is 12.4 Å². The Bertz CT molecular complexity index is 691. The number of ether oxygens (including phenoxy) is 1. The number of nitriles is 1. The van der Waals surface area contributed by atoms with Crippen LogP contribution in [0.3, 0.4) is 0 Å². The lowest BCUT2D eigenvalue weighted by Crippen LogP contribution is -2.31. The molecule has 0 spiro atoms. The number of nitrogens with zero attached hydrogens (tertiary/aromatic N) is 1. The van der Waals surface area contributed by atoms with Gasteiger partial charge < -0.3 is 10.1 Å². The van der Waals surface area contributed by atoms with E-state index in [4.69, 9.17) is 4.74 Å². The van der Waals surface area contributed by atoms with Crippen LogP contribution in [-0.4, -0.2) is 24.2 Å². The second-order valence-corrected chi connectivity index (χ2v) is 6.10. The molecule has 0 unspecified atom stereocenters. The number of aryl methyl sites for hydroxylation is 1. The van der Waals surface area contributed by atoms with Crippen LogP contribution < -0.4 is 5.32 Å². The number of amides is 1. The minimum Gasteiger partial charge on any atom is -0.465 e. The number of benzene rings is 1. The maximum atomic E-state index is 12.0. The van der Waals surface area contributed by atoms with E-state index in [2.05, 4.69) is 11.4 Å². The zero-order chi connectivity index (χ0) is 16.8. The van der Waals surface area contributed by atoms with Crippen molar-refractivity contribution in [2.24, 2.45) is 0 Å². The normalized spacial score (nSPS) is 17.4. The molecule has 5 nitrogen and oxygen atoms in total. The number of thioether (sulfide) groups is 1. The Morgan fingerprint density at radius 1 is 1.48 bits per heavy atom. The van der Waals surface area contributed by atoms with E-state index in [1.54, 1.807) is 6.92 Å². The number of carbonyl (C=O) groups is 2. The second kappa shape index (κ2) is 7.84. The van der Waals surface area contributed by atoms with Gasteiger partial charge >= 0.3 is 5.97 Å². The first-order valence-corrected chi connectivity index (χ1v) is 8.33. The van der Waals surface area contributed by atoms with Gasteiger partial charge in [-0.25, -0.2) is 0 Å². The summed E-state index contributed by atoms with van der Waals surface area (Å²) in [5, 5.41) is 12.7. The van der Waals surface area contributed by atoms with Gasteiger partial charge in [-0.15, -0.1) is 0 Å². The molecule has 23 heavy (non-hydrogen) atoms. The zero-order valence-electron chi connectivity index (χ0n) is 13.1. The minimum atomic E-state index is -0.366. The Morgan fingerprint density at radius 2 is 2.22 bits per heavy atom. The first-order chi connectivity index (χ1) is 11.1. The van der Waals surface area contributed by atoms with Crippen LogP contribution in [0.4, 0.5) is 0 Å². The molecule has 0 saturated carbocycles. The van der Waals surface area contributed by atoms with Crippen molar-refractivity contribution in [2.45, 2.75) is 26.2 Å². The van der Waals surface area contributed by atoms with Gasteiger partial charge in [-0.2, -0.15) is 5.26 Å². The molecule has 1 N–H and O–H groups in total. The quantitative estimate of drug-likeness (QED) is 0.840. The van der Waals surface area contributed by atoms with E-state index in [9.17, 15) is 14.9 Å². The van der Waals surface area contributed by atoms with Crippen LogP contribution in [0.25, 0.3) is 0 Å². The van der Waals surface area contributed by atoms with Gasteiger partial charge in [-0.3, -0.25) is 9.59 Å². The van der Waals surface area contributed by atoms with Crippen LogP contribution in [0.2, 0.25) is 0 Å². The molecule has 1 aliphatic rings. The summed E-state index contributed by atoms with van der Waals surface area (Å²) in [4.78, 5) is 23.5. The molecule has 6 heteroatoms. The zero-order valence-corrected chi connectivity index (χ0v) is 13.9. The lowest BCUT2D eigenvalue weighted by molar-refractivity contribution is -0.139. The van der Waals surface area contributed by atoms with Crippen LogP contribution in [0, 0.1) is 18.3 Å². The summed E-state index contributed by atoms with van der Waals surface area (Å²) >= 11 is 1.14. The van der Waals surface area contributed by atoms with Crippen molar-refractivity contribution in [1.29, 1.82) is 5.26 Å². The van der Waals surface area contributed by atoms with Crippen molar-refractivity contribution in [1.82, 2.24) is 5.32 Å². The Balaban J connectivity index is 2.30. The molecule has 1 amide bonds. The van der Waals surface area contributed by atoms with Crippen molar-refractivity contribution >= 4 is 23.6 Å². The number of rotatable bonds is 5. The van der Waals surface area contributed by atoms with Gasteiger partial charge in [0.05, 0.1) is 29.0 Å². The van der Waals surface area contributed by atoms with E-state index in [0.29, 0.717) is 17.2 Å². The second-order valence-electron chi connectivity index (χ2n) is 5.11. The highest BCUT2D eigenvalue weighted by atomic mass is 32.2. The van der Waals surface area contributed by atoms with Crippen LogP contribution in [0.5, 0.6) is 0 Å². The molecule has 1 atom stereocenters. The molecule has 1 aromatic rings.